The molecule has 4 rings (SSSR count). The van der Waals surface area contributed by atoms with Gasteiger partial charge in [0.15, 0.2) is 0 Å². The lowest BCUT2D eigenvalue weighted by Crippen LogP contribution is -2.45. The Morgan fingerprint density at radius 1 is 1.11 bits per heavy atom. The van der Waals surface area contributed by atoms with Gasteiger partial charge in [0.1, 0.15) is 6.61 Å². The quantitative estimate of drug-likeness (QED) is 0.444. The van der Waals surface area contributed by atoms with Gasteiger partial charge < -0.3 is 15.0 Å². The number of hydrogen-bond acceptors (Lipinski definition) is 8. The van der Waals surface area contributed by atoms with Crippen LogP contribution in [0.15, 0.2) is 54.6 Å². The van der Waals surface area contributed by atoms with Gasteiger partial charge >= 0.3 is 6.09 Å². The third-order valence-corrected chi connectivity index (χ3v) is 7.54. The molecule has 0 aromatic heterocycles. The number of amides is 2. The zero-order valence-electron chi connectivity index (χ0n) is 19.9. The van der Waals surface area contributed by atoms with E-state index in [2.05, 4.69) is 5.32 Å². The van der Waals surface area contributed by atoms with Gasteiger partial charge in [0, 0.05) is 42.6 Å². The van der Waals surface area contributed by atoms with E-state index in [0.29, 0.717) is 43.6 Å². The minimum atomic E-state index is -0.596. The van der Waals surface area contributed by atoms with Gasteiger partial charge in [0.05, 0.1) is 17.0 Å². The van der Waals surface area contributed by atoms with E-state index in [1.165, 1.54) is 23.9 Å². The standard InChI is InChI=1S/C25H28N4O6S/c1-27-15-21(36-24(31)18-5-3-2-4-6-18)13-22(27)23(30)28-12-11-19(14-28)26-25(32)35-16-17-7-9-20(10-8-17)29(33)34/h2-10,19,21-22H,11-16H2,1H3,(H,26,32)/t19-,21-,22-/m0/s1. The number of carbonyl (C=O) groups is 3. The molecule has 11 heteroatoms. The molecule has 1 N–H and O–H groups in total. The summed E-state index contributed by atoms with van der Waals surface area (Å²) in [7, 11) is 1.90. The molecule has 2 fully saturated rings. The monoisotopic (exact) mass is 512 g/mol. The number of carbonyl (C=O) groups excluding carboxylic acids is 3. The summed E-state index contributed by atoms with van der Waals surface area (Å²) >= 11 is 1.28. The highest BCUT2D eigenvalue weighted by Crippen LogP contribution is 2.30. The van der Waals surface area contributed by atoms with Gasteiger partial charge in [0.25, 0.3) is 5.69 Å². The Bertz CT molecular complexity index is 1110. The zero-order chi connectivity index (χ0) is 25.7. The zero-order valence-corrected chi connectivity index (χ0v) is 20.7. The van der Waals surface area contributed by atoms with E-state index < -0.39 is 11.0 Å². The van der Waals surface area contributed by atoms with Crippen molar-refractivity contribution in [2.45, 2.75) is 36.8 Å². The highest BCUT2D eigenvalue weighted by atomic mass is 32.2. The van der Waals surface area contributed by atoms with Crippen molar-refractivity contribution in [2.24, 2.45) is 0 Å². The van der Waals surface area contributed by atoms with E-state index >= 15 is 0 Å². The molecule has 2 aliphatic heterocycles. The Kier molecular flexibility index (Phi) is 8.21. The number of nitro groups is 1. The maximum atomic E-state index is 13.2. The summed E-state index contributed by atoms with van der Waals surface area (Å²) in [5.41, 5.74) is 1.27. The number of hydrogen-bond donors (Lipinski definition) is 1. The Hall–Kier alpha value is -3.44. The second-order valence-corrected chi connectivity index (χ2v) is 10.3. The second-order valence-electron chi connectivity index (χ2n) is 9.00. The summed E-state index contributed by atoms with van der Waals surface area (Å²) in [4.78, 5) is 51.9. The molecule has 10 nitrogen and oxygen atoms in total. The molecule has 2 saturated heterocycles. The molecule has 2 aliphatic rings. The number of thioether (sulfide) groups is 1. The van der Waals surface area contributed by atoms with Gasteiger partial charge in [-0.1, -0.05) is 42.1 Å². The molecular weight excluding hydrogens is 484 g/mol. The van der Waals surface area contributed by atoms with Gasteiger partial charge in [-0.15, -0.1) is 0 Å². The fraction of sp³-hybridized carbons (Fsp3) is 0.400. The number of alkyl carbamates (subject to hydrolysis) is 1. The van der Waals surface area contributed by atoms with Crippen LogP contribution in [0.3, 0.4) is 0 Å². The average molecular weight is 513 g/mol. The molecule has 2 amide bonds. The molecule has 2 aromatic carbocycles. The fourth-order valence-electron chi connectivity index (χ4n) is 4.48. The lowest BCUT2D eigenvalue weighted by Gasteiger charge is -2.25. The first kappa shape index (κ1) is 25.6. The van der Waals surface area contributed by atoms with Crippen LogP contribution in [-0.2, 0) is 16.1 Å². The minimum Gasteiger partial charge on any atom is -0.445 e. The van der Waals surface area contributed by atoms with Crippen molar-refractivity contribution in [1.82, 2.24) is 15.1 Å². The van der Waals surface area contributed by atoms with Crippen molar-refractivity contribution in [3.63, 3.8) is 0 Å². The van der Waals surface area contributed by atoms with Crippen molar-refractivity contribution in [1.29, 1.82) is 0 Å². The first-order chi connectivity index (χ1) is 17.3. The summed E-state index contributed by atoms with van der Waals surface area (Å²) in [5.74, 6) is 0.0105. The Labute approximate surface area is 213 Å². The summed E-state index contributed by atoms with van der Waals surface area (Å²) in [6.07, 6.45) is 0.630. The van der Waals surface area contributed by atoms with Crippen molar-refractivity contribution >= 4 is 34.6 Å². The topological polar surface area (TPSA) is 122 Å². The summed E-state index contributed by atoms with van der Waals surface area (Å²) in [6, 6.07) is 14.4. The number of ether oxygens (including phenoxy) is 1. The van der Waals surface area contributed by atoms with Crippen molar-refractivity contribution < 1.29 is 24.0 Å². The fourth-order valence-corrected chi connectivity index (χ4v) is 5.64. The molecule has 0 saturated carbocycles. The lowest BCUT2D eigenvalue weighted by molar-refractivity contribution is -0.384. The number of nitrogens with zero attached hydrogens (tertiary/aromatic N) is 3. The molecule has 0 spiro atoms. The largest absolute Gasteiger partial charge is 0.445 e. The van der Waals surface area contributed by atoms with Crippen LogP contribution in [0.25, 0.3) is 0 Å². The number of benzene rings is 2. The van der Waals surface area contributed by atoms with E-state index in [9.17, 15) is 24.5 Å². The molecular formula is C25H28N4O6S. The van der Waals surface area contributed by atoms with Gasteiger partial charge in [-0.05, 0) is 37.6 Å². The van der Waals surface area contributed by atoms with E-state index in [4.69, 9.17) is 4.74 Å². The van der Waals surface area contributed by atoms with Crippen LogP contribution in [0.2, 0.25) is 0 Å². The number of rotatable bonds is 7. The van der Waals surface area contributed by atoms with Gasteiger partial charge in [-0.2, -0.15) is 0 Å². The summed E-state index contributed by atoms with van der Waals surface area (Å²) in [5, 5.41) is 13.6. The molecule has 0 radical (unpaired) electrons. The number of non-ortho nitro benzene ring substituents is 1. The van der Waals surface area contributed by atoms with Gasteiger partial charge in [-0.25, -0.2) is 4.79 Å². The average Bonchev–Trinajstić information content (AvgIpc) is 3.49. The molecule has 2 heterocycles. The van der Waals surface area contributed by atoms with Crippen LogP contribution in [0.4, 0.5) is 10.5 Å². The molecule has 0 unspecified atom stereocenters. The number of nitrogens with one attached hydrogen (secondary N) is 1. The van der Waals surface area contributed by atoms with Crippen molar-refractivity contribution in [3.05, 3.63) is 75.8 Å². The maximum absolute atomic E-state index is 13.2. The first-order valence-corrected chi connectivity index (χ1v) is 12.6. The normalized spacial score (nSPS) is 21.8. The predicted octanol–water partition coefficient (Wildman–Crippen LogP) is 3.07. The van der Waals surface area contributed by atoms with E-state index in [-0.39, 0.29) is 40.7 Å². The number of likely N-dealkylation sites (N-methyl/N-ethyl adjacent to an activating group) is 1. The highest BCUT2D eigenvalue weighted by molar-refractivity contribution is 8.14. The minimum absolute atomic E-state index is 0.00713. The number of likely N-dealkylation sites (tertiary alicyclic amines) is 2. The molecule has 3 atom stereocenters. The van der Waals surface area contributed by atoms with E-state index in [0.717, 1.165) is 0 Å². The number of nitro benzene ring substituents is 1. The van der Waals surface area contributed by atoms with Crippen LogP contribution < -0.4 is 5.32 Å². The van der Waals surface area contributed by atoms with E-state index in [1.807, 2.05) is 30.1 Å². The Balaban J connectivity index is 1.21. The summed E-state index contributed by atoms with van der Waals surface area (Å²) in [6.45, 7) is 1.59. The van der Waals surface area contributed by atoms with Crippen LogP contribution in [0, 0.1) is 10.1 Å². The van der Waals surface area contributed by atoms with Crippen molar-refractivity contribution in [3.8, 4) is 0 Å². The third kappa shape index (κ3) is 6.41. The van der Waals surface area contributed by atoms with Crippen LogP contribution in [0.5, 0.6) is 0 Å². The maximum Gasteiger partial charge on any atom is 0.407 e. The molecule has 0 bridgehead atoms. The molecule has 36 heavy (non-hydrogen) atoms. The Morgan fingerprint density at radius 2 is 1.83 bits per heavy atom. The Morgan fingerprint density at radius 3 is 2.53 bits per heavy atom. The van der Waals surface area contributed by atoms with Crippen LogP contribution in [-0.4, -0.2) is 75.9 Å². The first-order valence-electron chi connectivity index (χ1n) is 11.7. The third-order valence-electron chi connectivity index (χ3n) is 6.42. The predicted molar refractivity (Wildman–Crippen MR) is 135 cm³/mol. The molecule has 2 aromatic rings. The lowest BCUT2D eigenvalue weighted by atomic mass is 10.2. The van der Waals surface area contributed by atoms with Crippen LogP contribution >= 0.6 is 11.8 Å². The molecule has 190 valence electrons. The summed E-state index contributed by atoms with van der Waals surface area (Å²) < 4.78 is 5.22. The smallest absolute Gasteiger partial charge is 0.407 e. The SMILES string of the molecule is CN1C[C@@H](SC(=O)c2ccccc2)C[C@H]1C(=O)N1CC[C@H](NC(=O)OCc2ccc([N+](=O)[O-])cc2)C1. The highest BCUT2D eigenvalue weighted by Gasteiger charge is 2.40. The van der Waals surface area contributed by atoms with Crippen molar-refractivity contribution in [2.75, 3.05) is 26.7 Å². The second kappa shape index (κ2) is 11.5. The van der Waals surface area contributed by atoms with E-state index in [1.54, 1.807) is 29.2 Å². The molecule has 0 aliphatic carbocycles. The van der Waals surface area contributed by atoms with Gasteiger partial charge in [0.2, 0.25) is 11.0 Å². The van der Waals surface area contributed by atoms with Crippen LogP contribution in [0.1, 0.15) is 28.8 Å². The van der Waals surface area contributed by atoms with Gasteiger partial charge in [-0.3, -0.25) is 24.6 Å².